The lowest BCUT2D eigenvalue weighted by Crippen LogP contribution is -2.25. The van der Waals surface area contributed by atoms with Crippen molar-refractivity contribution in [2.75, 3.05) is 6.16 Å². The van der Waals surface area contributed by atoms with E-state index in [1.165, 1.54) is 27.3 Å². The van der Waals surface area contributed by atoms with Gasteiger partial charge in [0.25, 0.3) is 0 Å². The first-order valence-electron chi connectivity index (χ1n) is 12.0. The molecule has 1 aliphatic heterocycles. The van der Waals surface area contributed by atoms with Crippen LogP contribution in [0.2, 0.25) is 0 Å². The maximum absolute atomic E-state index is 5.35. The van der Waals surface area contributed by atoms with Crippen LogP contribution in [0.5, 0.6) is 0 Å². The summed E-state index contributed by atoms with van der Waals surface area (Å²) in [6.45, 7) is 13.8. The third-order valence-corrected chi connectivity index (χ3v) is 10.4. The van der Waals surface area contributed by atoms with Gasteiger partial charge >= 0.3 is 0 Å². The monoisotopic (exact) mass is 486 g/mol. The van der Waals surface area contributed by atoms with Crippen LogP contribution in [0.25, 0.3) is 0 Å². The van der Waals surface area contributed by atoms with Crippen molar-refractivity contribution in [2.24, 2.45) is 15.9 Å². The van der Waals surface area contributed by atoms with Gasteiger partial charge in [0.2, 0.25) is 0 Å². The standard InChI is InChI=1S/C30H36N2P2/c1-29(2,3)27-22-34(26-20-14-9-15-21-26)32(31-27)28(30(4,5)6)23-33(24-16-10-7-11-17-24)25-18-12-8-13-19-25/h7-21,23H,22H2,1-6H3/b28-23-. The zero-order valence-corrected chi connectivity index (χ0v) is 23.0. The maximum Gasteiger partial charge on any atom is 0.0547 e. The molecule has 176 valence electrons. The van der Waals surface area contributed by atoms with E-state index in [4.69, 9.17) is 5.10 Å². The first-order valence-corrected chi connectivity index (χ1v) is 14.9. The van der Waals surface area contributed by atoms with E-state index in [-0.39, 0.29) is 10.8 Å². The van der Waals surface area contributed by atoms with Gasteiger partial charge in [-0.05, 0) is 29.7 Å². The molecular formula is C30H36N2P2. The molecule has 0 N–H and O–H groups in total. The summed E-state index contributed by atoms with van der Waals surface area (Å²) < 4.78 is 2.41. The Morgan fingerprint density at radius 2 is 1.24 bits per heavy atom. The molecule has 34 heavy (non-hydrogen) atoms. The van der Waals surface area contributed by atoms with Crippen LogP contribution in [0.1, 0.15) is 41.5 Å². The largest absolute Gasteiger partial charge is 0.244 e. The molecule has 0 aliphatic carbocycles. The van der Waals surface area contributed by atoms with Crippen LogP contribution in [-0.2, 0) is 0 Å². The van der Waals surface area contributed by atoms with Gasteiger partial charge in [0.15, 0.2) is 0 Å². The Kier molecular flexibility index (Phi) is 7.42. The second-order valence-electron chi connectivity index (χ2n) is 10.8. The molecule has 0 spiro atoms. The Morgan fingerprint density at radius 3 is 1.68 bits per heavy atom. The molecule has 0 bridgehead atoms. The van der Waals surface area contributed by atoms with Gasteiger partial charge in [-0.15, -0.1) is 0 Å². The lowest BCUT2D eigenvalue weighted by Gasteiger charge is -2.35. The third-order valence-electron chi connectivity index (χ3n) is 5.97. The summed E-state index contributed by atoms with van der Waals surface area (Å²) in [5.41, 5.74) is 2.62. The van der Waals surface area contributed by atoms with Crippen LogP contribution in [-0.4, -0.2) is 16.7 Å². The van der Waals surface area contributed by atoms with E-state index >= 15 is 0 Å². The number of hydrogen-bond acceptors (Lipinski definition) is 2. The molecule has 1 unspecified atom stereocenters. The average Bonchev–Trinajstić information content (AvgIpc) is 3.26. The van der Waals surface area contributed by atoms with Gasteiger partial charge in [0, 0.05) is 22.7 Å². The van der Waals surface area contributed by atoms with Crippen molar-refractivity contribution in [3.63, 3.8) is 0 Å². The van der Waals surface area contributed by atoms with Gasteiger partial charge < -0.3 is 0 Å². The van der Waals surface area contributed by atoms with Gasteiger partial charge in [-0.3, -0.25) is 0 Å². The Bertz CT molecular complexity index is 1100. The minimum atomic E-state index is -0.664. The van der Waals surface area contributed by atoms with Crippen molar-refractivity contribution in [3.8, 4) is 0 Å². The average molecular weight is 487 g/mol. The molecular weight excluding hydrogens is 450 g/mol. The Labute approximate surface area is 208 Å². The van der Waals surface area contributed by atoms with E-state index in [1.54, 1.807) is 0 Å². The van der Waals surface area contributed by atoms with Gasteiger partial charge in [0.05, 0.1) is 13.8 Å². The zero-order chi connectivity index (χ0) is 24.3. The van der Waals surface area contributed by atoms with Crippen LogP contribution in [0.3, 0.4) is 0 Å². The number of allylic oxidation sites excluding steroid dienone is 1. The van der Waals surface area contributed by atoms with Crippen molar-refractivity contribution in [1.82, 2.24) is 4.78 Å². The van der Waals surface area contributed by atoms with Crippen molar-refractivity contribution in [1.29, 1.82) is 0 Å². The normalized spacial score (nSPS) is 17.3. The fourth-order valence-electron chi connectivity index (χ4n) is 3.92. The van der Waals surface area contributed by atoms with Crippen molar-refractivity contribution >= 4 is 37.6 Å². The first-order chi connectivity index (χ1) is 16.1. The van der Waals surface area contributed by atoms with Crippen LogP contribution in [0, 0.1) is 10.8 Å². The minimum absolute atomic E-state index is 0.0453. The highest BCUT2D eigenvalue weighted by molar-refractivity contribution is 7.75. The van der Waals surface area contributed by atoms with Crippen LogP contribution >= 0.6 is 16.0 Å². The minimum Gasteiger partial charge on any atom is -0.244 e. The summed E-state index contributed by atoms with van der Waals surface area (Å²) in [5, 5.41) is 9.47. The van der Waals surface area contributed by atoms with Gasteiger partial charge in [-0.2, -0.15) is 5.10 Å². The molecule has 0 amide bonds. The second-order valence-corrected chi connectivity index (χ2v) is 14.8. The zero-order valence-electron chi connectivity index (χ0n) is 21.2. The van der Waals surface area contributed by atoms with Gasteiger partial charge in [0.1, 0.15) is 0 Å². The Balaban J connectivity index is 1.88. The Hall–Kier alpha value is -2.27. The lowest BCUT2D eigenvalue weighted by atomic mass is 9.91. The van der Waals surface area contributed by atoms with Gasteiger partial charge in [-0.25, -0.2) is 4.78 Å². The quantitative estimate of drug-likeness (QED) is 0.342. The summed E-state index contributed by atoms with van der Waals surface area (Å²) in [5.74, 6) is 2.54. The number of benzene rings is 3. The predicted octanol–water partition coefficient (Wildman–Crippen LogP) is 7.45. The molecule has 3 aromatic carbocycles. The highest BCUT2D eigenvalue weighted by Crippen LogP contribution is 2.54. The summed E-state index contributed by atoms with van der Waals surface area (Å²) in [7, 11) is -1.27. The van der Waals surface area contributed by atoms with Crippen LogP contribution in [0.4, 0.5) is 0 Å². The molecule has 3 aromatic rings. The molecule has 4 rings (SSSR count). The van der Waals surface area contributed by atoms with Crippen molar-refractivity contribution in [2.45, 2.75) is 41.5 Å². The highest BCUT2D eigenvalue weighted by atomic mass is 31.1. The summed E-state index contributed by atoms with van der Waals surface area (Å²) >= 11 is 0. The van der Waals surface area contributed by atoms with E-state index in [1.807, 2.05) is 0 Å². The van der Waals surface area contributed by atoms with E-state index in [9.17, 15) is 0 Å². The lowest BCUT2D eigenvalue weighted by molar-refractivity contribution is 0.394. The van der Waals surface area contributed by atoms with Gasteiger partial charge in [-0.1, -0.05) is 133 Å². The van der Waals surface area contributed by atoms with E-state index < -0.39 is 16.0 Å². The van der Waals surface area contributed by atoms with Crippen molar-refractivity contribution in [3.05, 3.63) is 103 Å². The van der Waals surface area contributed by atoms with Crippen LogP contribution in [0.15, 0.2) is 108 Å². The number of hydrogen-bond donors (Lipinski definition) is 0. The summed E-state index contributed by atoms with van der Waals surface area (Å²) in [6, 6.07) is 32.9. The maximum atomic E-state index is 5.35. The molecule has 1 heterocycles. The summed E-state index contributed by atoms with van der Waals surface area (Å²) in [6.07, 6.45) is 1.02. The SMILES string of the molecule is CC(C)(C)C1=NN(/C(=C\P(c2ccccc2)c2ccccc2)C(C)(C)C)P(c2ccccc2)C1. The predicted molar refractivity (Wildman–Crippen MR) is 153 cm³/mol. The third kappa shape index (κ3) is 5.68. The fraction of sp³-hybridized carbons (Fsp3) is 0.300. The highest BCUT2D eigenvalue weighted by Gasteiger charge is 2.38. The number of rotatable bonds is 5. The van der Waals surface area contributed by atoms with Crippen LogP contribution < -0.4 is 15.9 Å². The van der Waals surface area contributed by atoms with E-state index in [0.717, 1.165) is 6.16 Å². The molecule has 1 aliphatic rings. The first kappa shape index (κ1) is 24.8. The van der Waals surface area contributed by atoms with E-state index in [2.05, 4.69) is 143 Å². The molecule has 0 saturated carbocycles. The molecule has 4 heteroatoms. The molecule has 0 fully saturated rings. The second kappa shape index (κ2) is 10.2. The molecule has 0 saturated heterocycles. The van der Waals surface area contributed by atoms with Crippen molar-refractivity contribution < 1.29 is 0 Å². The topological polar surface area (TPSA) is 15.6 Å². The molecule has 2 nitrogen and oxygen atoms in total. The molecule has 0 radical (unpaired) electrons. The van der Waals surface area contributed by atoms with E-state index in [0.29, 0.717) is 0 Å². The Morgan fingerprint density at radius 1 is 0.765 bits per heavy atom. The molecule has 0 aromatic heterocycles. The fourth-order valence-corrected chi connectivity index (χ4v) is 9.05. The molecule has 1 atom stereocenters. The smallest absolute Gasteiger partial charge is 0.0547 e. The number of hydrazone groups is 1. The summed E-state index contributed by atoms with van der Waals surface area (Å²) in [4.78, 5) is 0. The number of nitrogens with zero attached hydrogens (tertiary/aromatic N) is 2.